The number of amides is 1. The van der Waals surface area contributed by atoms with Gasteiger partial charge in [0.15, 0.2) is 11.5 Å². The molecule has 0 bridgehead atoms. The summed E-state index contributed by atoms with van der Waals surface area (Å²) >= 11 is 0. The van der Waals surface area contributed by atoms with Gasteiger partial charge in [0.1, 0.15) is 6.54 Å². The Morgan fingerprint density at radius 2 is 2.12 bits per heavy atom. The molecule has 25 heavy (non-hydrogen) atoms. The van der Waals surface area contributed by atoms with Gasteiger partial charge in [-0.2, -0.15) is 0 Å². The number of nitrogens with zero attached hydrogens (tertiary/aromatic N) is 2. The molecule has 0 unspecified atom stereocenters. The van der Waals surface area contributed by atoms with E-state index in [9.17, 15) is 9.59 Å². The highest BCUT2D eigenvalue weighted by atomic mass is 16.5. The van der Waals surface area contributed by atoms with Crippen molar-refractivity contribution in [3.63, 3.8) is 0 Å². The molecular weight excluding hydrogens is 326 g/mol. The summed E-state index contributed by atoms with van der Waals surface area (Å²) in [6.07, 6.45) is 3.38. The van der Waals surface area contributed by atoms with Crippen LogP contribution in [0.1, 0.15) is 12.8 Å². The van der Waals surface area contributed by atoms with Gasteiger partial charge in [0.2, 0.25) is 5.91 Å². The number of hydrogen-bond acceptors (Lipinski definition) is 6. The quantitative estimate of drug-likeness (QED) is 0.827. The number of aromatic nitrogens is 2. The van der Waals surface area contributed by atoms with Crippen LogP contribution in [0.5, 0.6) is 11.5 Å². The molecule has 1 aliphatic rings. The van der Waals surface area contributed by atoms with E-state index < -0.39 is 0 Å². The highest BCUT2D eigenvalue weighted by Gasteiger charge is 2.17. The molecule has 2 heterocycles. The Morgan fingerprint density at radius 1 is 1.36 bits per heavy atom. The number of methoxy groups -OCH3 is 2. The minimum absolute atomic E-state index is 0.0622. The highest BCUT2D eigenvalue weighted by Crippen LogP contribution is 2.29. The number of hydrogen-bond donors (Lipinski definition) is 1. The summed E-state index contributed by atoms with van der Waals surface area (Å²) < 4.78 is 17.2. The van der Waals surface area contributed by atoms with Crippen molar-refractivity contribution in [2.75, 3.05) is 27.4 Å². The first-order valence-electron chi connectivity index (χ1n) is 8.12. The van der Waals surface area contributed by atoms with Gasteiger partial charge in [-0.05, 0) is 18.9 Å². The molecule has 1 N–H and O–H groups in total. The number of fused-ring (bicyclic) bond motifs is 1. The molecule has 0 radical (unpaired) electrons. The molecule has 8 nitrogen and oxygen atoms in total. The fraction of sp³-hybridized carbons (Fsp3) is 0.471. The van der Waals surface area contributed by atoms with Crippen LogP contribution >= 0.6 is 0 Å². The minimum Gasteiger partial charge on any atom is -0.493 e. The molecule has 1 saturated heterocycles. The van der Waals surface area contributed by atoms with E-state index in [2.05, 4.69) is 10.3 Å². The molecular formula is C17H21N3O5. The molecule has 1 atom stereocenters. The van der Waals surface area contributed by atoms with Crippen LogP contribution in [0.4, 0.5) is 0 Å². The molecule has 0 spiro atoms. The van der Waals surface area contributed by atoms with E-state index in [-0.39, 0.29) is 24.1 Å². The fourth-order valence-electron chi connectivity index (χ4n) is 2.84. The summed E-state index contributed by atoms with van der Waals surface area (Å²) in [5.74, 6) is 0.683. The molecule has 8 heteroatoms. The van der Waals surface area contributed by atoms with Crippen molar-refractivity contribution in [1.29, 1.82) is 0 Å². The summed E-state index contributed by atoms with van der Waals surface area (Å²) in [5, 5.41) is 3.16. The van der Waals surface area contributed by atoms with Crippen LogP contribution in [0.15, 0.2) is 23.3 Å². The number of carbonyl (C=O) groups excluding carboxylic acids is 1. The zero-order valence-electron chi connectivity index (χ0n) is 14.3. The Hall–Kier alpha value is -2.61. The largest absolute Gasteiger partial charge is 0.493 e. The van der Waals surface area contributed by atoms with E-state index in [0.717, 1.165) is 19.4 Å². The van der Waals surface area contributed by atoms with Crippen molar-refractivity contribution in [2.24, 2.45) is 0 Å². The van der Waals surface area contributed by atoms with E-state index in [0.29, 0.717) is 28.9 Å². The molecule has 1 aliphatic heterocycles. The Kier molecular flexibility index (Phi) is 5.18. The molecule has 134 valence electrons. The number of ether oxygens (including phenoxy) is 3. The number of carbonyl (C=O) groups is 1. The second-order valence-corrected chi connectivity index (χ2v) is 5.84. The second kappa shape index (κ2) is 7.52. The molecule has 1 fully saturated rings. The van der Waals surface area contributed by atoms with E-state index in [1.54, 1.807) is 12.1 Å². The molecule has 0 saturated carbocycles. The lowest BCUT2D eigenvalue weighted by molar-refractivity contribution is -0.122. The second-order valence-electron chi connectivity index (χ2n) is 5.84. The molecule has 1 amide bonds. The third-order valence-corrected chi connectivity index (χ3v) is 4.19. The minimum atomic E-state index is -0.307. The van der Waals surface area contributed by atoms with E-state index in [4.69, 9.17) is 14.2 Å². The molecule has 1 aromatic heterocycles. The van der Waals surface area contributed by atoms with E-state index in [1.165, 1.54) is 25.1 Å². The number of nitrogens with one attached hydrogen (secondary N) is 1. The van der Waals surface area contributed by atoms with Gasteiger partial charge in [0, 0.05) is 19.2 Å². The van der Waals surface area contributed by atoms with E-state index >= 15 is 0 Å². The SMILES string of the molecule is COc1cc2ncn(CC(=O)NC[C@H]3CCCO3)c(=O)c2cc1OC. The summed E-state index contributed by atoms with van der Waals surface area (Å²) in [4.78, 5) is 28.9. The van der Waals surface area contributed by atoms with Gasteiger partial charge in [-0.25, -0.2) is 4.98 Å². The maximum atomic E-state index is 12.6. The smallest absolute Gasteiger partial charge is 0.261 e. The lowest BCUT2D eigenvalue weighted by Gasteiger charge is -2.12. The van der Waals surface area contributed by atoms with Crippen LogP contribution in [-0.4, -0.2) is 48.9 Å². The first-order chi connectivity index (χ1) is 12.1. The molecule has 0 aliphatic carbocycles. The van der Waals surface area contributed by atoms with Crippen LogP contribution in [0.3, 0.4) is 0 Å². The molecule has 1 aromatic carbocycles. The first kappa shape index (κ1) is 17.2. The molecule has 3 rings (SSSR count). The molecule has 2 aromatic rings. The first-order valence-corrected chi connectivity index (χ1v) is 8.12. The zero-order chi connectivity index (χ0) is 17.8. The van der Waals surface area contributed by atoms with Crippen molar-refractivity contribution in [3.8, 4) is 11.5 Å². The van der Waals surface area contributed by atoms with Crippen molar-refractivity contribution in [2.45, 2.75) is 25.5 Å². The number of rotatable bonds is 6. The van der Waals surface area contributed by atoms with Gasteiger partial charge < -0.3 is 19.5 Å². The van der Waals surface area contributed by atoms with Gasteiger partial charge in [-0.1, -0.05) is 0 Å². The monoisotopic (exact) mass is 347 g/mol. The van der Waals surface area contributed by atoms with Crippen LogP contribution in [0.25, 0.3) is 10.9 Å². The average Bonchev–Trinajstić information content (AvgIpc) is 3.15. The van der Waals surface area contributed by atoms with Gasteiger partial charge in [0.05, 0.1) is 37.6 Å². The van der Waals surface area contributed by atoms with Crippen LogP contribution in [-0.2, 0) is 16.1 Å². The van der Waals surface area contributed by atoms with Crippen molar-refractivity contribution in [3.05, 3.63) is 28.8 Å². The normalized spacial score (nSPS) is 16.8. The van der Waals surface area contributed by atoms with Gasteiger partial charge in [-0.3, -0.25) is 14.2 Å². The summed E-state index contributed by atoms with van der Waals surface area (Å²) in [7, 11) is 3.01. The summed E-state index contributed by atoms with van der Waals surface area (Å²) in [6, 6.07) is 3.21. The van der Waals surface area contributed by atoms with Crippen molar-refractivity contribution >= 4 is 16.8 Å². The Balaban J connectivity index is 1.78. The standard InChI is InChI=1S/C17H21N3O5/c1-23-14-6-12-13(7-15(14)24-2)19-10-20(17(12)22)9-16(21)18-8-11-4-3-5-25-11/h6-7,10-11H,3-5,8-9H2,1-2H3,(H,18,21)/t11-/m1/s1. The van der Waals surface area contributed by atoms with Gasteiger partial charge in [0.25, 0.3) is 5.56 Å². The van der Waals surface area contributed by atoms with Crippen LogP contribution < -0.4 is 20.3 Å². The average molecular weight is 347 g/mol. The van der Waals surface area contributed by atoms with Crippen molar-refractivity contribution in [1.82, 2.24) is 14.9 Å². The number of benzene rings is 1. The Bertz CT molecular complexity index is 827. The maximum Gasteiger partial charge on any atom is 0.261 e. The van der Waals surface area contributed by atoms with Crippen molar-refractivity contribution < 1.29 is 19.0 Å². The zero-order valence-corrected chi connectivity index (χ0v) is 14.3. The maximum absolute atomic E-state index is 12.6. The van der Waals surface area contributed by atoms with Crippen LogP contribution in [0, 0.1) is 0 Å². The topological polar surface area (TPSA) is 91.7 Å². The third-order valence-electron chi connectivity index (χ3n) is 4.19. The third kappa shape index (κ3) is 3.74. The van der Waals surface area contributed by atoms with Gasteiger partial charge in [-0.15, -0.1) is 0 Å². The van der Waals surface area contributed by atoms with Crippen LogP contribution in [0.2, 0.25) is 0 Å². The summed E-state index contributed by atoms with van der Waals surface area (Å²) in [6.45, 7) is 1.10. The summed E-state index contributed by atoms with van der Waals surface area (Å²) in [5.41, 5.74) is 0.178. The highest BCUT2D eigenvalue weighted by molar-refractivity contribution is 5.82. The predicted octanol–water partition coefficient (Wildman–Crippen LogP) is 0.709. The lowest BCUT2D eigenvalue weighted by Crippen LogP contribution is -2.36. The fourth-order valence-corrected chi connectivity index (χ4v) is 2.84. The predicted molar refractivity (Wildman–Crippen MR) is 91.1 cm³/mol. The lowest BCUT2D eigenvalue weighted by atomic mass is 10.2. The Morgan fingerprint density at radius 3 is 2.80 bits per heavy atom. The van der Waals surface area contributed by atoms with Gasteiger partial charge >= 0.3 is 0 Å². The Labute approximate surface area is 144 Å². The van der Waals surface area contributed by atoms with E-state index in [1.807, 2.05) is 0 Å².